The number of carbonyl (C=O) groups is 3. The Kier molecular flexibility index (Phi) is 6.17. The highest BCUT2D eigenvalue weighted by molar-refractivity contribution is 5.96. The topological polar surface area (TPSA) is 93.7 Å². The van der Waals surface area contributed by atoms with Crippen molar-refractivity contribution in [3.05, 3.63) is 29.8 Å². The van der Waals surface area contributed by atoms with Crippen molar-refractivity contribution in [3.63, 3.8) is 0 Å². The van der Waals surface area contributed by atoms with E-state index >= 15 is 0 Å². The Morgan fingerprint density at radius 1 is 1.21 bits per heavy atom. The summed E-state index contributed by atoms with van der Waals surface area (Å²) in [6, 6.07) is 5.93. The van der Waals surface area contributed by atoms with Crippen LogP contribution in [0.15, 0.2) is 24.3 Å². The highest BCUT2D eigenvalue weighted by Gasteiger charge is 2.21. The average Bonchev–Trinajstić information content (AvgIpc) is 3.06. The highest BCUT2D eigenvalue weighted by atomic mass is 16.5. The van der Waals surface area contributed by atoms with Crippen LogP contribution in [-0.4, -0.2) is 37.2 Å². The first-order valence-electron chi connectivity index (χ1n) is 7.96. The molecule has 0 spiro atoms. The lowest BCUT2D eigenvalue weighted by atomic mass is 10.2. The van der Waals surface area contributed by atoms with Crippen molar-refractivity contribution in [1.29, 1.82) is 0 Å². The van der Waals surface area contributed by atoms with Crippen molar-refractivity contribution in [2.45, 2.75) is 44.8 Å². The van der Waals surface area contributed by atoms with Crippen LogP contribution in [0.5, 0.6) is 5.75 Å². The van der Waals surface area contributed by atoms with Crippen LogP contribution in [0.1, 0.15) is 43.0 Å². The molecule has 7 nitrogen and oxygen atoms in total. The molecule has 1 saturated carbocycles. The van der Waals surface area contributed by atoms with Crippen LogP contribution in [0.2, 0.25) is 0 Å². The molecule has 1 fully saturated rings. The van der Waals surface area contributed by atoms with Crippen LogP contribution in [-0.2, 0) is 9.53 Å². The fourth-order valence-corrected chi connectivity index (χ4v) is 2.58. The summed E-state index contributed by atoms with van der Waals surface area (Å²) in [6.07, 6.45) is 3.18. The van der Waals surface area contributed by atoms with Gasteiger partial charge in [0.25, 0.3) is 5.91 Å². The van der Waals surface area contributed by atoms with E-state index in [4.69, 9.17) is 4.74 Å². The van der Waals surface area contributed by atoms with Crippen LogP contribution in [0.25, 0.3) is 0 Å². The molecule has 0 unspecified atom stereocenters. The largest absolute Gasteiger partial charge is 0.481 e. The molecule has 2 N–H and O–H groups in total. The van der Waals surface area contributed by atoms with Crippen LogP contribution in [0.3, 0.4) is 0 Å². The molecule has 0 aromatic heterocycles. The van der Waals surface area contributed by atoms with E-state index in [2.05, 4.69) is 15.4 Å². The Labute approximate surface area is 140 Å². The van der Waals surface area contributed by atoms with Gasteiger partial charge in [-0.2, -0.15) is 0 Å². The normalized spacial score (nSPS) is 15.4. The summed E-state index contributed by atoms with van der Waals surface area (Å²) in [5.74, 6) is -0.695. The quantitative estimate of drug-likeness (QED) is 0.803. The number of amides is 3. The van der Waals surface area contributed by atoms with E-state index in [0.717, 1.165) is 25.7 Å². The smallest absolute Gasteiger partial charge is 0.337 e. The van der Waals surface area contributed by atoms with Crippen molar-refractivity contribution < 1.29 is 23.9 Å². The first-order chi connectivity index (χ1) is 11.5. The maximum Gasteiger partial charge on any atom is 0.337 e. The van der Waals surface area contributed by atoms with E-state index in [-0.39, 0.29) is 6.04 Å². The number of carbonyl (C=O) groups excluding carboxylic acids is 3. The number of rotatable bonds is 5. The van der Waals surface area contributed by atoms with Gasteiger partial charge in [0, 0.05) is 6.04 Å². The van der Waals surface area contributed by atoms with Crippen LogP contribution in [0.4, 0.5) is 4.79 Å². The summed E-state index contributed by atoms with van der Waals surface area (Å²) in [5.41, 5.74) is 0.321. The molecule has 130 valence electrons. The molecule has 1 aromatic rings. The van der Waals surface area contributed by atoms with Crippen molar-refractivity contribution in [1.82, 2.24) is 10.6 Å². The molecule has 0 saturated heterocycles. The molecule has 1 aromatic carbocycles. The van der Waals surface area contributed by atoms with E-state index in [1.54, 1.807) is 18.2 Å². The SMILES string of the molecule is COC(=O)c1cccc(O[C@@H](C)C(=O)NC(=O)NC2CCCC2)c1. The maximum absolute atomic E-state index is 12.0. The van der Waals surface area contributed by atoms with Gasteiger partial charge in [0.05, 0.1) is 12.7 Å². The summed E-state index contributed by atoms with van der Waals surface area (Å²) >= 11 is 0. The molecule has 2 rings (SSSR count). The number of hydrogen-bond acceptors (Lipinski definition) is 5. The Morgan fingerprint density at radius 3 is 2.58 bits per heavy atom. The predicted molar refractivity (Wildman–Crippen MR) is 86.8 cm³/mol. The van der Waals surface area contributed by atoms with Gasteiger partial charge in [-0.05, 0) is 38.0 Å². The summed E-state index contributed by atoms with van der Waals surface area (Å²) in [6.45, 7) is 1.53. The van der Waals surface area contributed by atoms with Crippen LogP contribution in [0, 0.1) is 0 Å². The number of methoxy groups -OCH3 is 1. The van der Waals surface area contributed by atoms with E-state index in [1.807, 2.05) is 0 Å². The Bertz CT molecular complexity index is 611. The van der Waals surface area contributed by atoms with Gasteiger partial charge in [-0.1, -0.05) is 18.9 Å². The second-order valence-corrected chi connectivity index (χ2v) is 5.72. The lowest BCUT2D eigenvalue weighted by Crippen LogP contribution is -2.47. The highest BCUT2D eigenvalue weighted by Crippen LogP contribution is 2.17. The summed E-state index contributed by atoms with van der Waals surface area (Å²) in [5, 5.41) is 5.04. The Morgan fingerprint density at radius 2 is 1.92 bits per heavy atom. The van der Waals surface area contributed by atoms with Gasteiger partial charge in [-0.15, -0.1) is 0 Å². The standard InChI is InChI=1S/C17H22N2O5/c1-11(15(20)19-17(22)18-13-7-3-4-8-13)24-14-9-5-6-12(10-14)16(21)23-2/h5-6,9-11,13H,3-4,7-8H2,1-2H3,(H2,18,19,20,22)/t11-/m0/s1. The average molecular weight is 334 g/mol. The third-order valence-electron chi connectivity index (χ3n) is 3.86. The van der Waals surface area contributed by atoms with E-state index < -0.39 is 24.0 Å². The second-order valence-electron chi connectivity index (χ2n) is 5.72. The van der Waals surface area contributed by atoms with Gasteiger partial charge < -0.3 is 14.8 Å². The fraction of sp³-hybridized carbons (Fsp3) is 0.471. The predicted octanol–water partition coefficient (Wildman–Crippen LogP) is 2.01. The fourth-order valence-electron chi connectivity index (χ4n) is 2.58. The number of esters is 1. The lowest BCUT2D eigenvalue weighted by molar-refractivity contribution is -0.126. The van der Waals surface area contributed by atoms with Crippen molar-refractivity contribution in [2.24, 2.45) is 0 Å². The minimum atomic E-state index is -0.882. The molecule has 1 aliphatic rings. The first kappa shape index (κ1) is 17.8. The number of urea groups is 1. The van der Waals surface area contributed by atoms with Crippen LogP contribution >= 0.6 is 0 Å². The zero-order chi connectivity index (χ0) is 17.5. The molecule has 0 heterocycles. The third kappa shape index (κ3) is 4.97. The minimum absolute atomic E-state index is 0.130. The van der Waals surface area contributed by atoms with Crippen molar-refractivity contribution in [2.75, 3.05) is 7.11 Å². The zero-order valence-electron chi connectivity index (χ0n) is 13.8. The van der Waals surface area contributed by atoms with E-state index in [0.29, 0.717) is 11.3 Å². The van der Waals surface area contributed by atoms with Gasteiger partial charge in [0.2, 0.25) is 0 Å². The third-order valence-corrected chi connectivity index (χ3v) is 3.86. The number of ether oxygens (including phenoxy) is 2. The minimum Gasteiger partial charge on any atom is -0.481 e. The van der Waals surface area contributed by atoms with E-state index in [1.165, 1.54) is 20.1 Å². The number of hydrogen-bond donors (Lipinski definition) is 2. The summed E-state index contributed by atoms with van der Waals surface area (Å²) in [4.78, 5) is 35.3. The lowest BCUT2D eigenvalue weighted by Gasteiger charge is -2.16. The molecule has 0 aliphatic heterocycles. The zero-order valence-corrected chi connectivity index (χ0v) is 13.8. The van der Waals surface area contributed by atoms with Crippen LogP contribution < -0.4 is 15.4 Å². The molecule has 24 heavy (non-hydrogen) atoms. The van der Waals surface area contributed by atoms with Crippen molar-refractivity contribution >= 4 is 17.9 Å². The first-order valence-corrected chi connectivity index (χ1v) is 7.96. The Hall–Kier alpha value is -2.57. The molecule has 7 heteroatoms. The van der Waals surface area contributed by atoms with Gasteiger partial charge in [0.1, 0.15) is 5.75 Å². The van der Waals surface area contributed by atoms with Crippen molar-refractivity contribution in [3.8, 4) is 5.75 Å². The van der Waals surface area contributed by atoms with Gasteiger partial charge in [-0.25, -0.2) is 9.59 Å². The number of nitrogens with one attached hydrogen (secondary N) is 2. The maximum atomic E-state index is 12.0. The molecule has 3 amide bonds. The second kappa shape index (κ2) is 8.33. The Balaban J connectivity index is 1.86. The number of benzene rings is 1. The molecule has 1 aliphatic carbocycles. The molecule has 0 bridgehead atoms. The van der Waals surface area contributed by atoms with E-state index in [9.17, 15) is 14.4 Å². The number of imide groups is 1. The molecular formula is C17H22N2O5. The molecule has 1 atom stereocenters. The summed E-state index contributed by atoms with van der Waals surface area (Å²) in [7, 11) is 1.29. The monoisotopic (exact) mass is 334 g/mol. The summed E-state index contributed by atoms with van der Waals surface area (Å²) < 4.78 is 10.1. The van der Waals surface area contributed by atoms with Gasteiger partial charge >= 0.3 is 12.0 Å². The van der Waals surface area contributed by atoms with Gasteiger partial charge in [0.15, 0.2) is 6.10 Å². The molecular weight excluding hydrogens is 312 g/mol. The molecule has 0 radical (unpaired) electrons. The van der Waals surface area contributed by atoms with Gasteiger partial charge in [-0.3, -0.25) is 10.1 Å².